The van der Waals surface area contributed by atoms with Crippen LogP contribution in [-0.4, -0.2) is 5.91 Å². The van der Waals surface area contributed by atoms with Gasteiger partial charge in [-0.15, -0.1) is 0 Å². The van der Waals surface area contributed by atoms with Gasteiger partial charge in [0.15, 0.2) is 0 Å². The molecule has 2 nitrogen and oxygen atoms in total. The second-order valence-electron chi connectivity index (χ2n) is 3.97. The maximum absolute atomic E-state index is 11.5. The van der Waals surface area contributed by atoms with Gasteiger partial charge in [0, 0.05) is 11.1 Å². The molecule has 0 aromatic heterocycles. The van der Waals surface area contributed by atoms with E-state index in [2.05, 4.69) is 5.32 Å². The lowest BCUT2D eigenvalue weighted by molar-refractivity contribution is -0.117. The standard InChI is InChI=1S/C13H16ClNO/c1-9(2)8-13(16)15-10(3)11-6-4-5-7-12(11)14/h4-8,10H,1-3H3,(H,15,16). The van der Waals surface area contributed by atoms with Crippen LogP contribution in [0.15, 0.2) is 35.9 Å². The van der Waals surface area contributed by atoms with Gasteiger partial charge in [-0.05, 0) is 32.4 Å². The maximum Gasteiger partial charge on any atom is 0.244 e. The van der Waals surface area contributed by atoms with Crippen molar-refractivity contribution in [2.24, 2.45) is 0 Å². The molecule has 0 aliphatic rings. The predicted molar refractivity (Wildman–Crippen MR) is 67.4 cm³/mol. The maximum atomic E-state index is 11.5. The SMILES string of the molecule is CC(C)=CC(=O)NC(C)c1ccccc1Cl. The van der Waals surface area contributed by atoms with E-state index in [4.69, 9.17) is 11.6 Å². The van der Waals surface area contributed by atoms with E-state index in [1.807, 2.05) is 45.0 Å². The number of hydrogen-bond donors (Lipinski definition) is 1. The Morgan fingerprint density at radius 1 is 1.38 bits per heavy atom. The minimum atomic E-state index is -0.0904. The Balaban J connectivity index is 2.73. The lowest BCUT2D eigenvalue weighted by Crippen LogP contribution is -2.25. The van der Waals surface area contributed by atoms with Crippen LogP contribution in [0.3, 0.4) is 0 Å². The van der Waals surface area contributed by atoms with E-state index in [1.165, 1.54) is 0 Å². The molecule has 1 rings (SSSR count). The van der Waals surface area contributed by atoms with Gasteiger partial charge in [-0.1, -0.05) is 35.4 Å². The van der Waals surface area contributed by atoms with Crippen LogP contribution in [-0.2, 0) is 4.79 Å². The highest BCUT2D eigenvalue weighted by atomic mass is 35.5. The summed E-state index contributed by atoms with van der Waals surface area (Å²) in [6.45, 7) is 5.69. The van der Waals surface area contributed by atoms with E-state index in [-0.39, 0.29) is 11.9 Å². The molecule has 0 heterocycles. The predicted octanol–water partition coefficient (Wildman–Crippen LogP) is 3.48. The summed E-state index contributed by atoms with van der Waals surface area (Å²) < 4.78 is 0. The zero-order chi connectivity index (χ0) is 12.1. The van der Waals surface area contributed by atoms with Crippen LogP contribution in [0.2, 0.25) is 5.02 Å². The monoisotopic (exact) mass is 237 g/mol. The summed E-state index contributed by atoms with van der Waals surface area (Å²) in [5, 5.41) is 3.54. The first-order chi connectivity index (χ1) is 7.50. The largest absolute Gasteiger partial charge is 0.346 e. The lowest BCUT2D eigenvalue weighted by atomic mass is 10.1. The molecule has 0 aliphatic heterocycles. The third kappa shape index (κ3) is 3.70. The summed E-state index contributed by atoms with van der Waals surface area (Å²) in [5.74, 6) is -0.0904. The first-order valence-corrected chi connectivity index (χ1v) is 5.58. The fourth-order valence-electron chi connectivity index (χ4n) is 1.42. The lowest BCUT2D eigenvalue weighted by Gasteiger charge is -2.14. The Kier molecular flexibility index (Phi) is 4.56. The molecule has 0 radical (unpaired) electrons. The zero-order valence-electron chi connectivity index (χ0n) is 9.75. The van der Waals surface area contributed by atoms with E-state index in [1.54, 1.807) is 6.08 Å². The number of allylic oxidation sites excluding steroid dienone is 1. The minimum Gasteiger partial charge on any atom is -0.346 e. The molecule has 1 unspecified atom stereocenters. The van der Waals surface area contributed by atoms with Crippen molar-refractivity contribution in [3.05, 3.63) is 46.5 Å². The van der Waals surface area contributed by atoms with Crippen LogP contribution in [0, 0.1) is 0 Å². The topological polar surface area (TPSA) is 29.1 Å². The second kappa shape index (κ2) is 5.71. The molecular formula is C13H16ClNO. The van der Waals surface area contributed by atoms with Crippen molar-refractivity contribution in [1.29, 1.82) is 0 Å². The van der Waals surface area contributed by atoms with Crippen LogP contribution in [0.1, 0.15) is 32.4 Å². The number of carbonyl (C=O) groups is 1. The van der Waals surface area contributed by atoms with Gasteiger partial charge in [0.25, 0.3) is 0 Å². The van der Waals surface area contributed by atoms with Crippen LogP contribution in [0.4, 0.5) is 0 Å². The molecule has 1 amide bonds. The number of halogens is 1. The molecule has 1 atom stereocenters. The van der Waals surface area contributed by atoms with Crippen LogP contribution in [0.5, 0.6) is 0 Å². The average Bonchev–Trinajstić information content (AvgIpc) is 2.16. The highest BCUT2D eigenvalue weighted by Crippen LogP contribution is 2.21. The normalized spacial score (nSPS) is 11.8. The molecule has 0 saturated heterocycles. The van der Waals surface area contributed by atoms with Gasteiger partial charge in [0.05, 0.1) is 6.04 Å². The van der Waals surface area contributed by atoms with E-state index in [9.17, 15) is 4.79 Å². The van der Waals surface area contributed by atoms with Crippen molar-refractivity contribution in [3.63, 3.8) is 0 Å². The van der Waals surface area contributed by atoms with Crippen molar-refractivity contribution in [2.75, 3.05) is 0 Å². The van der Waals surface area contributed by atoms with Gasteiger partial charge < -0.3 is 5.32 Å². The van der Waals surface area contributed by atoms with Gasteiger partial charge in [-0.2, -0.15) is 0 Å². The number of amides is 1. The van der Waals surface area contributed by atoms with Crippen molar-refractivity contribution < 1.29 is 4.79 Å². The summed E-state index contributed by atoms with van der Waals surface area (Å²) in [6.07, 6.45) is 1.58. The fourth-order valence-corrected chi connectivity index (χ4v) is 1.72. The van der Waals surface area contributed by atoms with Crippen LogP contribution >= 0.6 is 11.6 Å². The first kappa shape index (κ1) is 12.8. The molecule has 86 valence electrons. The Morgan fingerprint density at radius 3 is 2.56 bits per heavy atom. The van der Waals surface area contributed by atoms with E-state index >= 15 is 0 Å². The second-order valence-corrected chi connectivity index (χ2v) is 4.38. The van der Waals surface area contributed by atoms with Gasteiger partial charge in [0.2, 0.25) is 5.91 Å². The van der Waals surface area contributed by atoms with Gasteiger partial charge in [-0.25, -0.2) is 0 Å². The van der Waals surface area contributed by atoms with Gasteiger partial charge in [-0.3, -0.25) is 4.79 Å². The van der Waals surface area contributed by atoms with Crippen molar-refractivity contribution in [1.82, 2.24) is 5.32 Å². The van der Waals surface area contributed by atoms with Crippen LogP contribution in [0.25, 0.3) is 0 Å². The average molecular weight is 238 g/mol. The fraction of sp³-hybridized carbons (Fsp3) is 0.308. The molecule has 1 aromatic carbocycles. The smallest absolute Gasteiger partial charge is 0.244 e. The number of rotatable bonds is 3. The van der Waals surface area contributed by atoms with Gasteiger partial charge >= 0.3 is 0 Å². The number of carbonyl (C=O) groups excluding carboxylic acids is 1. The summed E-state index contributed by atoms with van der Waals surface area (Å²) in [5.41, 5.74) is 1.91. The minimum absolute atomic E-state index is 0.0863. The van der Waals surface area contributed by atoms with E-state index < -0.39 is 0 Å². The number of benzene rings is 1. The molecule has 1 N–H and O–H groups in total. The van der Waals surface area contributed by atoms with Crippen molar-refractivity contribution in [2.45, 2.75) is 26.8 Å². The Labute approximate surface area is 101 Å². The van der Waals surface area contributed by atoms with Crippen molar-refractivity contribution in [3.8, 4) is 0 Å². The highest BCUT2D eigenvalue weighted by molar-refractivity contribution is 6.31. The molecule has 16 heavy (non-hydrogen) atoms. The van der Waals surface area contributed by atoms with Gasteiger partial charge in [0.1, 0.15) is 0 Å². The summed E-state index contributed by atoms with van der Waals surface area (Å²) in [4.78, 5) is 11.5. The number of hydrogen-bond acceptors (Lipinski definition) is 1. The third-order valence-corrected chi connectivity index (χ3v) is 2.49. The van der Waals surface area contributed by atoms with Crippen LogP contribution < -0.4 is 5.32 Å². The quantitative estimate of drug-likeness (QED) is 0.802. The molecule has 0 spiro atoms. The summed E-state index contributed by atoms with van der Waals surface area (Å²) in [7, 11) is 0. The van der Waals surface area contributed by atoms with E-state index in [0.29, 0.717) is 5.02 Å². The first-order valence-electron chi connectivity index (χ1n) is 5.20. The van der Waals surface area contributed by atoms with Crippen molar-refractivity contribution >= 4 is 17.5 Å². The molecular weight excluding hydrogens is 222 g/mol. The molecule has 0 aliphatic carbocycles. The number of nitrogens with one attached hydrogen (secondary N) is 1. The Hall–Kier alpha value is -1.28. The molecule has 0 saturated carbocycles. The molecule has 1 aromatic rings. The highest BCUT2D eigenvalue weighted by Gasteiger charge is 2.10. The molecule has 0 bridgehead atoms. The molecule has 3 heteroatoms. The third-order valence-electron chi connectivity index (χ3n) is 2.15. The molecule has 0 fully saturated rings. The Morgan fingerprint density at radius 2 is 2.00 bits per heavy atom. The van der Waals surface area contributed by atoms with E-state index in [0.717, 1.165) is 11.1 Å². The summed E-state index contributed by atoms with van der Waals surface area (Å²) in [6, 6.07) is 7.43. The summed E-state index contributed by atoms with van der Waals surface area (Å²) >= 11 is 6.04. The zero-order valence-corrected chi connectivity index (χ0v) is 10.5. The Bertz CT molecular complexity index is 408.